The van der Waals surface area contributed by atoms with Crippen LogP contribution in [0.1, 0.15) is 29.7 Å². The molecule has 2 heterocycles. The van der Waals surface area contributed by atoms with E-state index in [1.807, 2.05) is 42.0 Å². The van der Waals surface area contributed by atoms with Crippen molar-refractivity contribution in [2.75, 3.05) is 13.7 Å². The highest BCUT2D eigenvalue weighted by molar-refractivity contribution is 5.99. The number of benzene rings is 2. The van der Waals surface area contributed by atoms with Gasteiger partial charge < -0.3 is 9.30 Å². The van der Waals surface area contributed by atoms with Crippen LogP contribution in [0.15, 0.2) is 60.6 Å². The maximum absolute atomic E-state index is 13.1. The number of hydrazine groups is 1. The summed E-state index contributed by atoms with van der Waals surface area (Å²) in [6, 6.07) is 11.4. The number of nitrogens with one attached hydrogen (secondary N) is 1. The molecular formula is C25H25FN4O3. The molecule has 33 heavy (non-hydrogen) atoms. The number of halogens is 1. The van der Waals surface area contributed by atoms with Crippen LogP contribution < -0.4 is 10.2 Å². The Balaban J connectivity index is 1.47. The minimum absolute atomic E-state index is 0.0650. The SMILES string of the molecule is COc1cc(C=C2CCCN(NC(=O)Cc3ccc(F)cc3)C2=O)ccc1-n1cnc(C)c1. The lowest BCUT2D eigenvalue weighted by Crippen LogP contribution is -2.49. The lowest BCUT2D eigenvalue weighted by molar-refractivity contribution is -0.139. The van der Waals surface area contributed by atoms with Crippen molar-refractivity contribution in [3.8, 4) is 11.4 Å². The highest BCUT2D eigenvalue weighted by atomic mass is 19.1. The van der Waals surface area contributed by atoms with E-state index in [4.69, 9.17) is 4.74 Å². The van der Waals surface area contributed by atoms with Gasteiger partial charge in [-0.05, 0) is 61.2 Å². The third-order valence-corrected chi connectivity index (χ3v) is 5.42. The van der Waals surface area contributed by atoms with Crippen LogP contribution in [0, 0.1) is 12.7 Å². The Hall–Kier alpha value is -3.94. The van der Waals surface area contributed by atoms with Crippen LogP contribution in [-0.2, 0) is 16.0 Å². The van der Waals surface area contributed by atoms with Crippen LogP contribution in [0.4, 0.5) is 4.39 Å². The summed E-state index contributed by atoms with van der Waals surface area (Å²) in [6.45, 7) is 2.36. The Bertz CT molecular complexity index is 1200. The van der Waals surface area contributed by atoms with E-state index in [0.29, 0.717) is 29.9 Å². The van der Waals surface area contributed by atoms with Crippen molar-refractivity contribution in [3.05, 3.63) is 83.2 Å². The van der Waals surface area contributed by atoms with Gasteiger partial charge in [0.05, 0.1) is 31.2 Å². The van der Waals surface area contributed by atoms with Crippen LogP contribution in [0.3, 0.4) is 0 Å². The van der Waals surface area contributed by atoms with Gasteiger partial charge >= 0.3 is 0 Å². The monoisotopic (exact) mass is 448 g/mol. The average Bonchev–Trinajstić information content (AvgIpc) is 3.24. The number of amides is 2. The standard InChI is InChI=1S/C25H25FN4O3/c1-17-15-29(16-27-17)22-10-7-19(13-23(22)33-2)12-20-4-3-11-30(25(20)32)28-24(31)14-18-5-8-21(26)9-6-18/h5-10,12-13,15-16H,3-4,11,14H2,1-2H3,(H,28,31). The van der Waals surface area contributed by atoms with Gasteiger partial charge in [0.2, 0.25) is 5.91 Å². The first kappa shape index (κ1) is 22.3. The van der Waals surface area contributed by atoms with Crippen LogP contribution in [-0.4, -0.2) is 40.0 Å². The number of hydrogen-bond acceptors (Lipinski definition) is 4. The average molecular weight is 448 g/mol. The number of aromatic nitrogens is 2. The summed E-state index contributed by atoms with van der Waals surface area (Å²) in [4.78, 5) is 29.6. The molecule has 7 nitrogen and oxygen atoms in total. The third kappa shape index (κ3) is 5.28. The van der Waals surface area contributed by atoms with Crippen LogP contribution in [0.5, 0.6) is 5.75 Å². The van der Waals surface area contributed by atoms with E-state index in [1.54, 1.807) is 25.6 Å². The molecular weight excluding hydrogens is 423 g/mol. The van der Waals surface area contributed by atoms with Gasteiger partial charge in [-0.2, -0.15) is 0 Å². The maximum Gasteiger partial charge on any atom is 0.268 e. The third-order valence-electron chi connectivity index (χ3n) is 5.42. The minimum atomic E-state index is -0.357. The molecule has 0 bridgehead atoms. The smallest absolute Gasteiger partial charge is 0.268 e. The Labute approximate surface area is 191 Å². The fourth-order valence-electron chi connectivity index (χ4n) is 3.78. The van der Waals surface area contributed by atoms with E-state index in [0.717, 1.165) is 23.4 Å². The Morgan fingerprint density at radius 1 is 1.24 bits per heavy atom. The molecule has 4 rings (SSSR count). The molecule has 170 valence electrons. The van der Waals surface area contributed by atoms with Crippen LogP contribution in [0.2, 0.25) is 0 Å². The van der Waals surface area contributed by atoms with Gasteiger partial charge in [0, 0.05) is 18.3 Å². The molecule has 1 aromatic heterocycles. The molecule has 0 spiro atoms. The van der Waals surface area contributed by atoms with Gasteiger partial charge in [0.1, 0.15) is 11.6 Å². The molecule has 2 amide bonds. The molecule has 1 aliphatic rings. The van der Waals surface area contributed by atoms with E-state index in [2.05, 4.69) is 10.4 Å². The normalized spacial score (nSPS) is 15.1. The van der Waals surface area contributed by atoms with Gasteiger partial charge in [0.15, 0.2) is 0 Å². The number of hydrogen-bond donors (Lipinski definition) is 1. The Morgan fingerprint density at radius 2 is 2.03 bits per heavy atom. The number of nitrogens with zero attached hydrogens (tertiary/aromatic N) is 3. The summed E-state index contributed by atoms with van der Waals surface area (Å²) in [6.07, 6.45) is 6.88. The minimum Gasteiger partial charge on any atom is -0.495 e. The first-order valence-electron chi connectivity index (χ1n) is 10.7. The lowest BCUT2D eigenvalue weighted by Gasteiger charge is -2.28. The molecule has 1 N–H and O–H groups in total. The molecule has 1 saturated heterocycles. The molecule has 0 unspecified atom stereocenters. The molecule has 8 heteroatoms. The molecule has 0 atom stereocenters. The van der Waals surface area contributed by atoms with E-state index in [1.165, 1.54) is 17.1 Å². The molecule has 1 aliphatic heterocycles. The lowest BCUT2D eigenvalue weighted by atomic mass is 10.0. The number of rotatable bonds is 6. The zero-order valence-corrected chi connectivity index (χ0v) is 18.5. The van der Waals surface area contributed by atoms with Crippen LogP contribution in [0.25, 0.3) is 11.8 Å². The topological polar surface area (TPSA) is 76.5 Å². The van der Waals surface area contributed by atoms with Crippen molar-refractivity contribution < 1.29 is 18.7 Å². The van der Waals surface area contributed by atoms with Gasteiger partial charge in [-0.25, -0.2) is 9.37 Å². The highest BCUT2D eigenvalue weighted by Gasteiger charge is 2.25. The quantitative estimate of drug-likeness (QED) is 0.585. The van der Waals surface area contributed by atoms with Crippen molar-refractivity contribution >= 4 is 17.9 Å². The summed E-state index contributed by atoms with van der Waals surface area (Å²) in [5.74, 6) is -0.251. The number of aryl methyl sites for hydroxylation is 1. The Morgan fingerprint density at radius 3 is 2.73 bits per heavy atom. The summed E-state index contributed by atoms with van der Waals surface area (Å²) in [5, 5.41) is 1.35. The number of piperidine rings is 1. The summed E-state index contributed by atoms with van der Waals surface area (Å²) < 4.78 is 20.5. The number of carbonyl (C=O) groups excluding carboxylic acids is 2. The predicted molar refractivity (Wildman–Crippen MR) is 122 cm³/mol. The van der Waals surface area contributed by atoms with Crippen molar-refractivity contribution in [2.24, 2.45) is 0 Å². The van der Waals surface area contributed by atoms with Crippen molar-refractivity contribution in [1.29, 1.82) is 0 Å². The fraction of sp³-hybridized carbons (Fsp3) is 0.240. The van der Waals surface area contributed by atoms with E-state index in [-0.39, 0.29) is 24.1 Å². The number of ether oxygens (including phenoxy) is 1. The summed E-state index contributed by atoms with van der Waals surface area (Å²) >= 11 is 0. The second-order valence-electron chi connectivity index (χ2n) is 7.92. The van der Waals surface area contributed by atoms with Crippen molar-refractivity contribution in [3.63, 3.8) is 0 Å². The Kier molecular flexibility index (Phi) is 6.53. The first-order valence-corrected chi connectivity index (χ1v) is 10.7. The second-order valence-corrected chi connectivity index (χ2v) is 7.92. The van der Waals surface area contributed by atoms with Gasteiger partial charge in [-0.3, -0.25) is 20.0 Å². The molecule has 3 aromatic rings. The summed E-state index contributed by atoms with van der Waals surface area (Å²) in [5.41, 5.74) is 6.54. The zero-order chi connectivity index (χ0) is 23.4. The van der Waals surface area contributed by atoms with E-state index < -0.39 is 0 Å². The van der Waals surface area contributed by atoms with Gasteiger partial charge in [-0.1, -0.05) is 18.2 Å². The van der Waals surface area contributed by atoms with E-state index in [9.17, 15) is 14.0 Å². The van der Waals surface area contributed by atoms with Crippen molar-refractivity contribution in [2.45, 2.75) is 26.2 Å². The fourth-order valence-corrected chi connectivity index (χ4v) is 3.78. The molecule has 0 aliphatic carbocycles. The molecule has 0 radical (unpaired) electrons. The number of methoxy groups -OCH3 is 1. The van der Waals surface area contributed by atoms with Crippen molar-refractivity contribution in [1.82, 2.24) is 20.0 Å². The number of carbonyl (C=O) groups is 2. The van der Waals surface area contributed by atoms with Gasteiger partial charge in [0.25, 0.3) is 5.91 Å². The number of imidazole rings is 1. The van der Waals surface area contributed by atoms with E-state index >= 15 is 0 Å². The van der Waals surface area contributed by atoms with Gasteiger partial charge in [-0.15, -0.1) is 0 Å². The van der Waals surface area contributed by atoms with Crippen LogP contribution >= 0.6 is 0 Å². The largest absolute Gasteiger partial charge is 0.495 e. The zero-order valence-electron chi connectivity index (χ0n) is 18.5. The predicted octanol–water partition coefficient (Wildman–Crippen LogP) is 3.61. The molecule has 0 saturated carbocycles. The highest BCUT2D eigenvalue weighted by Crippen LogP contribution is 2.27. The maximum atomic E-state index is 13.1. The first-order chi connectivity index (χ1) is 15.9. The molecule has 1 fully saturated rings. The molecule has 2 aromatic carbocycles. The summed E-state index contributed by atoms with van der Waals surface area (Å²) in [7, 11) is 1.60. The second kappa shape index (κ2) is 9.68.